The van der Waals surface area contributed by atoms with Gasteiger partial charge in [-0.3, -0.25) is 0 Å². The van der Waals surface area contributed by atoms with Gasteiger partial charge < -0.3 is 4.74 Å². The van der Waals surface area contributed by atoms with Crippen LogP contribution >= 0.6 is 11.2 Å². The first-order chi connectivity index (χ1) is 5.68. The van der Waals surface area contributed by atoms with Gasteiger partial charge in [-0.25, -0.2) is 4.79 Å². The number of esters is 1. The van der Waals surface area contributed by atoms with Crippen molar-refractivity contribution >= 4 is 25.8 Å². The molecule has 0 unspecified atom stereocenters. The first-order valence-electron chi connectivity index (χ1n) is 4.00. The third-order valence-electron chi connectivity index (χ3n) is 1.32. The molecule has 0 aromatic carbocycles. The fraction of sp³-hybridized carbons (Fsp3) is 0.625. The Bertz CT molecular complexity index is 159. The van der Waals surface area contributed by atoms with Crippen LogP contribution in [0.4, 0.5) is 0 Å². The van der Waals surface area contributed by atoms with Crippen LogP contribution < -0.4 is 0 Å². The first-order valence-corrected chi connectivity index (χ1v) is 8.12. The number of hydrogen-bond acceptors (Lipinski definition) is 3. The Morgan fingerprint density at radius 1 is 1.67 bits per heavy atom. The summed E-state index contributed by atoms with van der Waals surface area (Å²) in [5.74, 6) is -0.263. The Labute approximate surface area is 80.2 Å². The van der Waals surface area contributed by atoms with Crippen molar-refractivity contribution in [3.63, 3.8) is 0 Å². The molecule has 0 fully saturated rings. The molecule has 4 heteroatoms. The molecule has 0 aliphatic rings. The Morgan fingerprint density at radius 2 is 2.33 bits per heavy atom. The third-order valence-corrected chi connectivity index (χ3v) is 4.61. The minimum absolute atomic E-state index is 0.0604. The van der Waals surface area contributed by atoms with Crippen molar-refractivity contribution < 1.29 is 9.53 Å². The maximum Gasteiger partial charge on any atom is 0.333 e. The average Bonchev–Trinajstić information content (AvgIpc) is 2.03. The van der Waals surface area contributed by atoms with Crippen LogP contribution in [0.25, 0.3) is 0 Å². The van der Waals surface area contributed by atoms with Gasteiger partial charge in [0.25, 0.3) is 0 Å². The maximum atomic E-state index is 10.9. The van der Waals surface area contributed by atoms with Crippen molar-refractivity contribution in [1.82, 2.24) is 0 Å². The van der Waals surface area contributed by atoms with Crippen LogP contribution in [0, 0.1) is 0 Å². The van der Waals surface area contributed by atoms with Crippen LogP contribution in [0.3, 0.4) is 0 Å². The minimum Gasteiger partial charge on any atom is -0.462 e. The van der Waals surface area contributed by atoms with Gasteiger partial charge in [-0.1, -0.05) is 12.6 Å². The molecule has 0 heterocycles. The van der Waals surface area contributed by atoms with E-state index < -0.39 is 0 Å². The lowest BCUT2D eigenvalue weighted by Crippen LogP contribution is -2.06. The van der Waals surface area contributed by atoms with Crippen molar-refractivity contribution in [1.29, 1.82) is 0 Å². The highest BCUT2D eigenvalue weighted by Crippen LogP contribution is 1.99. The van der Waals surface area contributed by atoms with Gasteiger partial charge in [0.2, 0.25) is 0 Å². The van der Waals surface area contributed by atoms with E-state index in [1.807, 2.05) is 11.2 Å². The zero-order valence-corrected chi connectivity index (χ0v) is 9.99. The van der Waals surface area contributed by atoms with E-state index in [9.17, 15) is 4.79 Å². The average molecular weight is 204 g/mol. The summed E-state index contributed by atoms with van der Waals surface area (Å²) in [6.45, 7) is 5.72. The van der Waals surface area contributed by atoms with Gasteiger partial charge in [0.1, 0.15) is 0 Å². The molecule has 0 amide bonds. The summed E-state index contributed by atoms with van der Waals surface area (Å²) in [4.78, 5) is 10.9. The molecule has 0 bridgehead atoms. The second-order valence-electron chi connectivity index (χ2n) is 2.62. The first kappa shape index (κ1) is 11.8. The summed E-state index contributed by atoms with van der Waals surface area (Å²) in [7, 11) is 0.0604. The highest BCUT2D eigenvalue weighted by Gasteiger charge is 2.01. The van der Waals surface area contributed by atoms with E-state index in [-0.39, 0.29) is 14.6 Å². The molecular weight excluding hydrogens is 188 g/mol. The fourth-order valence-electron chi connectivity index (χ4n) is 0.637. The molecule has 0 saturated heterocycles. The van der Waals surface area contributed by atoms with Gasteiger partial charge in [-0.15, -0.1) is 0 Å². The molecule has 0 spiro atoms. The number of ether oxygens (including phenoxy) is 1. The topological polar surface area (TPSA) is 26.3 Å². The molecular formula is C8H16O2SSi. The molecule has 0 aliphatic heterocycles. The van der Waals surface area contributed by atoms with E-state index in [0.717, 1.165) is 6.42 Å². The second-order valence-corrected chi connectivity index (χ2v) is 7.27. The number of carbonyl (C=O) groups is 1. The van der Waals surface area contributed by atoms with Crippen molar-refractivity contribution in [2.75, 3.05) is 12.9 Å². The lowest BCUT2D eigenvalue weighted by Gasteiger charge is -2.02. The molecule has 0 saturated carbocycles. The Balaban J connectivity index is 3.20. The van der Waals surface area contributed by atoms with E-state index >= 15 is 0 Å². The standard InChI is InChI=1S/C8H16O2SSi/c1-7(2)8(9)10-5-4-6-12-11-3/h1,4-6,12H2,2-3H3. The van der Waals surface area contributed by atoms with E-state index in [4.69, 9.17) is 4.74 Å². The molecule has 0 N–H and O–H groups in total. The summed E-state index contributed by atoms with van der Waals surface area (Å²) in [5, 5.41) is 0. The molecule has 0 rings (SSSR count). The molecule has 0 aromatic heterocycles. The number of hydrogen-bond donors (Lipinski definition) is 0. The van der Waals surface area contributed by atoms with Gasteiger partial charge in [-0.05, 0) is 19.6 Å². The number of carbonyl (C=O) groups excluding carboxylic acids is 1. The highest BCUT2D eigenvalue weighted by atomic mass is 32.4. The third kappa shape index (κ3) is 6.48. The summed E-state index contributed by atoms with van der Waals surface area (Å²) >= 11 is 1.95. The maximum absolute atomic E-state index is 10.9. The van der Waals surface area contributed by atoms with Gasteiger partial charge in [0, 0.05) is 5.57 Å². The molecule has 0 atom stereocenters. The lowest BCUT2D eigenvalue weighted by atomic mass is 10.4. The van der Waals surface area contributed by atoms with Crippen LogP contribution in [-0.2, 0) is 9.53 Å². The molecule has 70 valence electrons. The SMILES string of the molecule is C=C(C)C(=O)OCCC[SiH2]SC. The molecule has 12 heavy (non-hydrogen) atoms. The summed E-state index contributed by atoms with van der Waals surface area (Å²) in [5.41, 5.74) is 0.483. The Hall–Kier alpha value is -0.223. The summed E-state index contributed by atoms with van der Waals surface area (Å²) in [6.07, 6.45) is 3.14. The van der Waals surface area contributed by atoms with Gasteiger partial charge >= 0.3 is 5.97 Å². The second kappa shape index (κ2) is 7.43. The van der Waals surface area contributed by atoms with E-state index in [1.54, 1.807) is 6.92 Å². The zero-order chi connectivity index (χ0) is 9.40. The summed E-state index contributed by atoms with van der Waals surface area (Å²) < 4.78 is 4.92. The van der Waals surface area contributed by atoms with Crippen molar-refractivity contribution in [3.05, 3.63) is 12.2 Å². The highest BCUT2D eigenvalue weighted by molar-refractivity contribution is 8.21. The zero-order valence-electron chi connectivity index (χ0n) is 7.76. The van der Waals surface area contributed by atoms with Crippen LogP contribution in [0.5, 0.6) is 0 Å². The smallest absolute Gasteiger partial charge is 0.333 e. The van der Waals surface area contributed by atoms with E-state index in [2.05, 4.69) is 12.8 Å². The molecule has 2 nitrogen and oxygen atoms in total. The normalized spacial score (nSPS) is 10.5. The summed E-state index contributed by atoms with van der Waals surface area (Å²) in [6, 6.07) is 1.24. The van der Waals surface area contributed by atoms with Crippen molar-refractivity contribution in [2.24, 2.45) is 0 Å². The fourth-order valence-corrected chi connectivity index (χ4v) is 2.81. The quantitative estimate of drug-likeness (QED) is 0.283. The predicted molar refractivity (Wildman–Crippen MR) is 57.3 cm³/mol. The lowest BCUT2D eigenvalue weighted by molar-refractivity contribution is -0.138. The Morgan fingerprint density at radius 3 is 2.83 bits per heavy atom. The molecule has 0 aromatic rings. The monoisotopic (exact) mass is 204 g/mol. The Kier molecular flexibility index (Phi) is 7.29. The predicted octanol–water partition coefficient (Wildman–Crippen LogP) is 1.36. The van der Waals surface area contributed by atoms with Gasteiger partial charge in [0.15, 0.2) is 0 Å². The minimum atomic E-state index is -0.263. The van der Waals surface area contributed by atoms with Crippen molar-refractivity contribution in [2.45, 2.75) is 19.4 Å². The van der Waals surface area contributed by atoms with Gasteiger partial charge in [-0.2, -0.15) is 11.2 Å². The van der Waals surface area contributed by atoms with Gasteiger partial charge in [0.05, 0.1) is 15.3 Å². The van der Waals surface area contributed by atoms with Crippen LogP contribution in [-0.4, -0.2) is 27.5 Å². The van der Waals surface area contributed by atoms with Crippen LogP contribution in [0.15, 0.2) is 12.2 Å². The van der Waals surface area contributed by atoms with Crippen molar-refractivity contribution in [3.8, 4) is 0 Å². The molecule has 0 aliphatic carbocycles. The molecule has 0 radical (unpaired) electrons. The largest absolute Gasteiger partial charge is 0.462 e. The van der Waals surface area contributed by atoms with Crippen LogP contribution in [0.2, 0.25) is 6.04 Å². The van der Waals surface area contributed by atoms with Crippen LogP contribution in [0.1, 0.15) is 13.3 Å². The van der Waals surface area contributed by atoms with E-state index in [1.165, 1.54) is 6.04 Å². The van der Waals surface area contributed by atoms with E-state index in [0.29, 0.717) is 12.2 Å². The number of rotatable bonds is 6.